The summed E-state index contributed by atoms with van der Waals surface area (Å²) in [6.45, 7) is 0. The molecule has 90 valence electrons. The second kappa shape index (κ2) is 5.14. The number of fused-ring (bicyclic) bond motifs is 1. The Labute approximate surface area is 103 Å². The minimum Gasteiger partial charge on any atom is -0.497 e. The zero-order valence-electron chi connectivity index (χ0n) is 9.40. The Bertz CT molecular complexity index is 536. The minimum absolute atomic E-state index is 0.122. The third kappa shape index (κ3) is 2.74. The van der Waals surface area contributed by atoms with Gasteiger partial charge in [0.15, 0.2) is 0 Å². The number of aliphatic carboxylic acids is 1. The van der Waals surface area contributed by atoms with E-state index in [0.717, 1.165) is 22.2 Å². The van der Waals surface area contributed by atoms with Crippen LogP contribution in [0.5, 0.6) is 5.75 Å². The predicted molar refractivity (Wildman–Crippen MR) is 68.6 cm³/mol. The molecular formula is C12H13NO3S. The molecule has 1 aromatic heterocycles. The van der Waals surface area contributed by atoms with Crippen LogP contribution in [0.25, 0.3) is 10.9 Å². The van der Waals surface area contributed by atoms with Crippen molar-refractivity contribution in [2.45, 2.75) is 5.75 Å². The third-order valence-corrected chi connectivity index (χ3v) is 3.42. The average Bonchev–Trinajstić information content (AvgIpc) is 2.71. The molecule has 0 bridgehead atoms. The highest BCUT2D eigenvalue weighted by Crippen LogP contribution is 2.26. The summed E-state index contributed by atoms with van der Waals surface area (Å²) < 4.78 is 5.17. The van der Waals surface area contributed by atoms with Gasteiger partial charge >= 0.3 is 5.97 Å². The Morgan fingerprint density at radius 1 is 1.53 bits per heavy atom. The Kier molecular flexibility index (Phi) is 3.58. The summed E-state index contributed by atoms with van der Waals surface area (Å²) in [7, 11) is 1.63. The van der Waals surface area contributed by atoms with Gasteiger partial charge in [-0.25, -0.2) is 0 Å². The molecular weight excluding hydrogens is 238 g/mol. The number of aromatic amines is 1. The van der Waals surface area contributed by atoms with E-state index in [9.17, 15) is 4.79 Å². The number of benzene rings is 1. The summed E-state index contributed by atoms with van der Waals surface area (Å²) in [5.41, 5.74) is 2.14. The van der Waals surface area contributed by atoms with Crippen LogP contribution in [0.1, 0.15) is 5.56 Å². The van der Waals surface area contributed by atoms with Gasteiger partial charge in [-0.2, -0.15) is 0 Å². The number of hydrogen-bond acceptors (Lipinski definition) is 3. The molecule has 0 saturated heterocycles. The van der Waals surface area contributed by atoms with Gasteiger partial charge in [0.25, 0.3) is 0 Å². The van der Waals surface area contributed by atoms with E-state index in [1.54, 1.807) is 7.11 Å². The van der Waals surface area contributed by atoms with E-state index in [1.807, 2.05) is 24.4 Å². The lowest BCUT2D eigenvalue weighted by Gasteiger charge is -2.01. The van der Waals surface area contributed by atoms with Crippen molar-refractivity contribution in [1.29, 1.82) is 0 Å². The van der Waals surface area contributed by atoms with Gasteiger partial charge in [0.1, 0.15) is 5.75 Å². The van der Waals surface area contributed by atoms with Crippen molar-refractivity contribution in [2.75, 3.05) is 12.9 Å². The highest BCUT2D eigenvalue weighted by Gasteiger charge is 2.06. The first kappa shape index (κ1) is 11.9. The number of carboxylic acids is 1. The van der Waals surface area contributed by atoms with E-state index in [-0.39, 0.29) is 5.75 Å². The van der Waals surface area contributed by atoms with Crippen molar-refractivity contribution in [2.24, 2.45) is 0 Å². The highest BCUT2D eigenvalue weighted by molar-refractivity contribution is 7.99. The minimum atomic E-state index is -0.785. The van der Waals surface area contributed by atoms with E-state index < -0.39 is 5.97 Å². The number of aromatic nitrogens is 1. The van der Waals surface area contributed by atoms with E-state index in [4.69, 9.17) is 9.84 Å². The van der Waals surface area contributed by atoms with Crippen LogP contribution in [0.3, 0.4) is 0 Å². The van der Waals surface area contributed by atoms with Gasteiger partial charge in [0, 0.05) is 22.9 Å². The van der Waals surface area contributed by atoms with Gasteiger partial charge < -0.3 is 14.8 Å². The summed E-state index contributed by atoms with van der Waals surface area (Å²) in [4.78, 5) is 13.6. The van der Waals surface area contributed by atoms with Crippen LogP contribution in [0.2, 0.25) is 0 Å². The number of carbonyl (C=O) groups is 1. The Balaban J connectivity index is 2.19. The van der Waals surface area contributed by atoms with Gasteiger partial charge in [-0.05, 0) is 23.8 Å². The number of thioether (sulfide) groups is 1. The van der Waals surface area contributed by atoms with E-state index in [1.165, 1.54) is 11.8 Å². The van der Waals surface area contributed by atoms with Crippen molar-refractivity contribution in [3.05, 3.63) is 30.0 Å². The summed E-state index contributed by atoms with van der Waals surface area (Å²) in [5.74, 6) is 0.824. The summed E-state index contributed by atoms with van der Waals surface area (Å²) in [6, 6.07) is 5.81. The van der Waals surface area contributed by atoms with Crippen LogP contribution < -0.4 is 4.74 Å². The van der Waals surface area contributed by atoms with Gasteiger partial charge in [-0.15, -0.1) is 11.8 Å². The van der Waals surface area contributed by atoms with Gasteiger partial charge in [-0.1, -0.05) is 0 Å². The first-order chi connectivity index (χ1) is 8.20. The number of nitrogens with one attached hydrogen (secondary N) is 1. The molecule has 0 aliphatic carbocycles. The molecule has 0 fully saturated rings. The molecule has 0 aliphatic rings. The Hall–Kier alpha value is -1.62. The molecule has 0 radical (unpaired) electrons. The lowest BCUT2D eigenvalue weighted by Crippen LogP contribution is -1.97. The molecule has 0 atom stereocenters. The maximum absolute atomic E-state index is 10.4. The molecule has 2 aromatic rings. The number of H-pyrrole nitrogens is 1. The Morgan fingerprint density at radius 2 is 2.35 bits per heavy atom. The quantitative estimate of drug-likeness (QED) is 0.857. The lowest BCUT2D eigenvalue weighted by molar-refractivity contribution is -0.133. The number of rotatable bonds is 5. The maximum atomic E-state index is 10.4. The van der Waals surface area contributed by atoms with Crippen LogP contribution in [0.15, 0.2) is 24.4 Å². The molecule has 17 heavy (non-hydrogen) atoms. The second-order valence-corrected chi connectivity index (χ2v) is 4.60. The smallest absolute Gasteiger partial charge is 0.313 e. The molecule has 0 unspecified atom stereocenters. The molecule has 5 heteroatoms. The Morgan fingerprint density at radius 3 is 3.06 bits per heavy atom. The molecule has 2 rings (SSSR count). The molecule has 1 aromatic carbocycles. The molecule has 4 nitrogen and oxygen atoms in total. The zero-order chi connectivity index (χ0) is 12.3. The van der Waals surface area contributed by atoms with Crippen molar-refractivity contribution in [3.8, 4) is 5.75 Å². The molecule has 1 heterocycles. The fourth-order valence-corrected chi connectivity index (χ4v) is 2.39. The van der Waals surface area contributed by atoms with E-state index in [2.05, 4.69) is 4.98 Å². The monoisotopic (exact) mass is 251 g/mol. The number of hydrogen-bond donors (Lipinski definition) is 2. The number of carboxylic acid groups (broad SMARTS) is 1. The predicted octanol–water partition coefficient (Wildman–Crippen LogP) is 2.49. The fourth-order valence-electron chi connectivity index (χ4n) is 1.65. The molecule has 2 N–H and O–H groups in total. The van der Waals surface area contributed by atoms with Crippen molar-refractivity contribution in [3.63, 3.8) is 0 Å². The van der Waals surface area contributed by atoms with E-state index >= 15 is 0 Å². The molecule has 0 saturated carbocycles. The second-order valence-electron chi connectivity index (χ2n) is 3.61. The molecule has 0 amide bonds. The first-order valence-corrected chi connectivity index (χ1v) is 6.29. The number of methoxy groups -OCH3 is 1. The number of ether oxygens (including phenoxy) is 1. The maximum Gasteiger partial charge on any atom is 0.313 e. The van der Waals surface area contributed by atoms with Crippen molar-refractivity contribution in [1.82, 2.24) is 4.98 Å². The standard InChI is InChI=1S/C12H13NO3S/c1-16-9-2-3-11-10(4-9)8(5-13-11)6-17-7-12(14)15/h2-5,13H,6-7H2,1H3,(H,14,15). The summed E-state index contributed by atoms with van der Waals surface area (Å²) >= 11 is 1.39. The van der Waals surface area contributed by atoms with Gasteiger partial charge in [-0.3, -0.25) is 4.79 Å². The van der Waals surface area contributed by atoms with Crippen LogP contribution >= 0.6 is 11.8 Å². The van der Waals surface area contributed by atoms with Crippen LogP contribution in [0.4, 0.5) is 0 Å². The van der Waals surface area contributed by atoms with Crippen LogP contribution in [-0.2, 0) is 10.5 Å². The van der Waals surface area contributed by atoms with Crippen LogP contribution in [0, 0.1) is 0 Å². The zero-order valence-corrected chi connectivity index (χ0v) is 10.2. The summed E-state index contributed by atoms with van der Waals surface area (Å²) in [5, 5.41) is 9.67. The third-order valence-electron chi connectivity index (χ3n) is 2.46. The molecule has 0 spiro atoms. The van der Waals surface area contributed by atoms with Crippen molar-refractivity contribution < 1.29 is 14.6 Å². The topological polar surface area (TPSA) is 62.3 Å². The van der Waals surface area contributed by atoms with E-state index in [0.29, 0.717) is 5.75 Å². The highest BCUT2D eigenvalue weighted by atomic mass is 32.2. The average molecular weight is 251 g/mol. The van der Waals surface area contributed by atoms with Gasteiger partial charge in [0.2, 0.25) is 0 Å². The first-order valence-electron chi connectivity index (χ1n) is 5.14. The fraction of sp³-hybridized carbons (Fsp3) is 0.250. The normalized spacial score (nSPS) is 10.6. The van der Waals surface area contributed by atoms with Crippen molar-refractivity contribution >= 4 is 28.6 Å². The lowest BCUT2D eigenvalue weighted by atomic mass is 10.2. The SMILES string of the molecule is COc1ccc2[nH]cc(CSCC(=O)O)c2c1. The molecule has 0 aliphatic heterocycles. The summed E-state index contributed by atoms with van der Waals surface area (Å²) in [6.07, 6.45) is 1.92. The van der Waals surface area contributed by atoms with Crippen LogP contribution in [-0.4, -0.2) is 28.9 Å². The van der Waals surface area contributed by atoms with Gasteiger partial charge in [0.05, 0.1) is 12.9 Å². The largest absolute Gasteiger partial charge is 0.497 e.